The lowest BCUT2D eigenvalue weighted by Gasteiger charge is -2.17. The van der Waals surface area contributed by atoms with E-state index in [1.54, 1.807) is 0 Å². The minimum atomic E-state index is 0.101. The van der Waals surface area contributed by atoms with Crippen LogP contribution in [0.2, 0.25) is 0 Å². The maximum atomic E-state index is 12.8. The molecule has 34 heavy (non-hydrogen) atoms. The Bertz CT molecular complexity index is 1300. The molecule has 1 aliphatic rings. The van der Waals surface area contributed by atoms with Gasteiger partial charge in [-0.3, -0.25) is 4.79 Å². The van der Waals surface area contributed by atoms with E-state index in [0.717, 1.165) is 41.1 Å². The van der Waals surface area contributed by atoms with Crippen LogP contribution in [0.3, 0.4) is 0 Å². The van der Waals surface area contributed by atoms with Crippen LogP contribution in [0, 0.1) is 13.8 Å². The molecule has 5 nitrogen and oxygen atoms in total. The van der Waals surface area contributed by atoms with Crippen molar-refractivity contribution in [1.82, 2.24) is 14.5 Å². The molecule has 1 aliphatic heterocycles. The van der Waals surface area contributed by atoms with Crippen LogP contribution in [-0.4, -0.2) is 33.5 Å². The molecule has 4 aromatic rings. The zero-order chi connectivity index (χ0) is 23.5. The van der Waals surface area contributed by atoms with Gasteiger partial charge in [-0.2, -0.15) is 0 Å². The molecule has 174 valence electrons. The van der Waals surface area contributed by atoms with E-state index in [1.807, 2.05) is 41.3 Å². The van der Waals surface area contributed by atoms with Gasteiger partial charge in [-0.15, -0.1) is 0 Å². The number of hydrogen-bond donors (Lipinski definition) is 0. The van der Waals surface area contributed by atoms with Gasteiger partial charge >= 0.3 is 0 Å². The Balaban J connectivity index is 1.31. The molecule has 2 heterocycles. The molecule has 5 rings (SSSR count). The molecule has 1 unspecified atom stereocenters. The van der Waals surface area contributed by atoms with Crippen LogP contribution in [0.25, 0.3) is 11.0 Å². The van der Waals surface area contributed by atoms with Gasteiger partial charge in [0.25, 0.3) is 0 Å². The number of aryl methyl sites for hydroxylation is 2. The second-order valence-corrected chi connectivity index (χ2v) is 9.17. The fourth-order valence-corrected chi connectivity index (χ4v) is 4.83. The van der Waals surface area contributed by atoms with Crippen LogP contribution < -0.4 is 4.74 Å². The van der Waals surface area contributed by atoms with Crippen molar-refractivity contribution >= 4 is 16.9 Å². The molecule has 1 aromatic heterocycles. The highest BCUT2D eigenvalue weighted by Crippen LogP contribution is 2.31. The molecular formula is C29H31N3O2. The summed E-state index contributed by atoms with van der Waals surface area (Å²) in [6.07, 6.45) is 1.38. The van der Waals surface area contributed by atoms with Crippen LogP contribution in [-0.2, 0) is 17.9 Å². The molecule has 0 spiro atoms. The lowest BCUT2D eigenvalue weighted by molar-refractivity contribution is -0.128. The molecule has 1 atom stereocenters. The summed E-state index contributed by atoms with van der Waals surface area (Å²) in [6, 6.07) is 24.6. The first-order valence-corrected chi connectivity index (χ1v) is 12.1. The third kappa shape index (κ3) is 4.56. The summed E-state index contributed by atoms with van der Waals surface area (Å²) in [6.45, 7) is 7.01. The van der Waals surface area contributed by atoms with Crippen molar-refractivity contribution in [3.05, 3.63) is 95.3 Å². The monoisotopic (exact) mass is 453 g/mol. The Kier molecular flexibility index (Phi) is 6.35. The Morgan fingerprint density at radius 1 is 0.971 bits per heavy atom. The molecule has 0 radical (unpaired) electrons. The first-order chi connectivity index (χ1) is 16.6. The van der Waals surface area contributed by atoms with E-state index in [9.17, 15) is 4.79 Å². The van der Waals surface area contributed by atoms with Gasteiger partial charge in [-0.05, 0) is 55.2 Å². The van der Waals surface area contributed by atoms with Crippen molar-refractivity contribution in [2.75, 3.05) is 13.2 Å². The topological polar surface area (TPSA) is 47.4 Å². The number of para-hydroxylation sites is 2. The van der Waals surface area contributed by atoms with Crippen LogP contribution in [0.1, 0.15) is 41.3 Å². The van der Waals surface area contributed by atoms with Crippen molar-refractivity contribution in [1.29, 1.82) is 0 Å². The number of nitrogens with zero attached hydrogens (tertiary/aromatic N) is 3. The molecule has 0 aliphatic carbocycles. The number of benzene rings is 3. The first-order valence-electron chi connectivity index (χ1n) is 12.1. The number of imidazole rings is 1. The second-order valence-electron chi connectivity index (χ2n) is 9.17. The average molecular weight is 454 g/mol. The van der Waals surface area contributed by atoms with Crippen molar-refractivity contribution in [2.24, 2.45) is 0 Å². The number of likely N-dealkylation sites (tertiary alicyclic amines) is 1. The lowest BCUT2D eigenvalue weighted by atomic mass is 10.1. The Labute approximate surface area is 201 Å². The maximum Gasteiger partial charge on any atom is 0.223 e. The van der Waals surface area contributed by atoms with Crippen LogP contribution in [0.5, 0.6) is 5.75 Å². The van der Waals surface area contributed by atoms with Gasteiger partial charge in [0.1, 0.15) is 11.6 Å². The van der Waals surface area contributed by atoms with Gasteiger partial charge in [0.15, 0.2) is 0 Å². The van der Waals surface area contributed by atoms with Crippen LogP contribution >= 0.6 is 0 Å². The normalized spacial score (nSPS) is 15.9. The van der Waals surface area contributed by atoms with E-state index in [4.69, 9.17) is 9.72 Å². The summed E-state index contributed by atoms with van der Waals surface area (Å²) in [5, 5.41) is 0. The third-order valence-electron chi connectivity index (χ3n) is 6.82. The number of rotatable bonds is 8. The zero-order valence-corrected chi connectivity index (χ0v) is 19.9. The van der Waals surface area contributed by atoms with Crippen molar-refractivity contribution in [3.63, 3.8) is 0 Å². The van der Waals surface area contributed by atoms with E-state index < -0.39 is 0 Å². The summed E-state index contributed by atoms with van der Waals surface area (Å²) >= 11 is 0. The van der Waals surface area contributed by atoms with Gasteiger partial charge in [0.2, 0.25) is 5.91 Å². The summed E-state index contributed by atoms with van der Waals surface area (Å²) < 4.78 is 8.40. The number of carbonyl (C=O) groups is 1. The predicted octanol–water partition coefficient (Wildman–Crippen LogP) is 5.64. The molecule has 1 amide bonds. The van der Waals surface area contributed by atoms with Gasteiger partial charge in [0.05, 0.1) is 17.6 Å². The van der Waals surface area contributed by atoms with E-state index in [2.05, 4.69) is 54.8 Å². The molecule has 0 N–H and O–H groups in total. The van der Waals surface area contributed by atoms with E-state index in [0.29, 0.717) is 26.1 Å². The number of ether oxygens (including phenoxy) is 1. The Morgan fingerprint density at radius 2 is 1.76 bits per heavy atom. The second kappa shape index (κ2) is 9.72. The van der Waals surface area contributed by atoms with E-state index in [-0.39, 0.29) is 11.8 Å². The largest absolute Gasteiger partial charge is 0.493 e. The number of fused-ring (bicyclic) bond motifs is 1. The molecule has 3 aromatic carbocycles. The van der Waals surface area contributed by atoms with E-state index in [1.165, 1.54) is 11.1 Å². The molecule has 5 heteroatoms. The molecular weight excluding hydrogens is 422 g/mol. The minimum absolute atomic E-state index is 0.101. The average Bonchev–Trinajstić information content (AvgIpc) is 3.40. The fraction of sp³-hybridized carbons (Fsp3) is 0.310. The maximum absolute atomic E-state index is 12.8. The standard InChI is InChI=1S/C29H31N3O2/c1-21-10-8-15-27(22(21)2)34-17-9-16-32-26-14-7-6-13-25(26)30-29(32)24-18-28(33)31(20-24)19-23-11-4-3-5-12-23/h3-8,10-15,24H,9,16-20H2,1-2H3. The van der Waals surface area contributed by atoms with Gasteiger partial charge in [0, 0.05) is 32.0 Å². The van der Waals surface area contributed by atoms with Crippen molar-refractivity contribution in [2.45, 2.75) is 45.7 Å². The SMILES string of the molecule is Cc1cccc(OCCCn2c(C3CC(=O)N(Cc4ccccc4)C3)nc3ccccc32)c1C. The molecule has 0 bridgehead atoms. The number of amides is 1. The quantitative estimate of drug-likeness (QED) is 0.325. The number of hydrogen-bond acceptors (Lipinski definition) is 3. The van der Waals surface area contributed by atoms with Gasteiger partial charge in [-0.25, -0.2) is 4.98 Å². The number of carbonyl (C=O) groups excluding carboxylic acids is 1. The summed E-state index contributed by atoms with van der Waals surface area (Å²) in [4.78, 5) is 19.8. The van der Waals surface area contributed by atoms with E-state index >= 15 is 0 Å². The number of aromatic nitrogens is 2. The van der Waals surface area contributed by atoms with Gasteiger partial charge in [-0.1, -0.05) is 54.6 Å². The smallest absolute Gasteiger partial charge is 0.223 e. The zero-order valence-electron chi connectivity index (χ0n) is 19.9. The highest BCUT2D eigenvalue weighted by atomic mass is 16.5. The summed E-state index contributed by atoms with van der Waals surface area (Å²) in [5.41, 5.74) is 5.71. The highest BCUT2D eigenvalue weighted by Gasteiger charge is 2.33. The molecule has 0 saturated carbocycles. The lowest BCUT2D eigenvalue weighted by Crippen LogP contribution is -2.24. The van der Waals surface area contributed by atoms with Crippen molar-refractivity contribution in [3.8, 4) is 5.75 Å². The van der Waals surface area contributed by atoms with Gasteiger partial charge < -0.3 is 14.2 Å². The summed E-state index contributed by atoms with van der Waals surface area (Å²) in [7, 11) is 0. The first kappa shape index (κ1) is 22.2. The minimum Gasteiger partial charge on any atom is -0.493 e. The Hall–Kier alpha value is -3.60. The fourth-order valence-electron chi connectivity index (χ4n) is 4.83. The van der Waals surface area contributed by atoms with Crippen molar-refractivity contribution < 1.29 is 9.53 Å². The third-order valence-corrected chi connectivity index (χ3v) is 6.82. The Morgan fingerprint density at radius 3 is 2.62 bits per heavy atom. The molecule has 1 saturated heterocycles. The summed E-state index contributed by atoms with van der Waals surface area (Å²) in [5.74, 6) is 2.26. The molecule has 1 fully saturated rings. The van der Waals surface area contributed by atoms with Crippen LogP contribution in [0.15, 0.2) is 72.8 Å². The highest BCUT2D eigenvalue weighted by molar-refractivity contribution is 5.81. The predicted molar refractivity (Wildman–Crippen MR) is 135 cm³/mol. The van der Waals surface area contributed by atoms with Crippen LogP contribution in [0.4, 0.5) is 0 Å².